The van der Waals surface area contributed by atoms with Crippen LogP contribution in [0.3, 0.4) is 0 Å². The second-order valence-electron chi connectivity index (χ2n) is 11.5. The van der Waals surface area contributed by atoms with Gasteiger partial charge < -0.3 is 20.4 Å². The lowest BCUT2D eigenvalue weighted by Crippen LogP contribution is -2.56. The zero-order chi connectivity index (χ0) is 29.8. The summed E-state index contributed by atoms with van der Waals surface area (Å²) in [6.07, 6.45) is 9.93. The minimum Gasteiger partial charge on any atom is -0.348 e. The molecule has 2 aliphatic heterocycles. The van der Waals surface area contributed by atoms with E-state index in [0.717, 1.165) is 44.3 Å². The number of rotatable bonds is 12. The number of carbonyl (C=O) groups is 2. The first-order valence-electron chi connectivity index (χ1n) is 15.5. The molecule has 2 heterocycles. The fourth-order valence-electron chi connectivity index (χ4n) is 5.83. The van der Waals surface area contributed by atoms with Gasteiger partial charge in [-0.15, -0.1) is 0 Å². The molecule has 2 N–H and O–H groups in total. The van der Waals surface area contributed by atoms with Crippen molar-refractivity contribution in [3.05, 3.63) is 77.7 Å². The highest BCUT2D eigenvalue weighted by Gasteiger charge is 2.30. The zero-order valence-electron chi connectivity index (χ0n) is 24.8. The van der Waals surface area contributed by atoms with Crippen molar-refractivity contribution in [1.29, 1.82) is 0 Å². The average molecular weight is 595 g/mol. The topological polar surface area (TPSA) is 98.8 Å². The highest BCUT2D eigenvalue weighted by molar-refractivity contribution is 7.94. The van der Waals surface area contributed by atoms with Crippen LogP contribution in [0.1, 0.15) is 63.9 Å². The van der Waals surface area contributed by atoms with Crippen LogP contribution in [0.25, 0.3) is 0 Å². The zero-order valence-corrected chi connectivity index (χ0v) is 25.6. The Balaban J connectivity index is 1.42. The van der Waals surface area contributed by atoms with Crippen molar-refractivity contribution in [2.45, 2.75) is 87.7 Å². The number of sulfone groups is 1. The number of nitrogens with one attached hydrogen (secondary N) is 2. The Labute approximate surface area is 251 Å². The van der Waals surface area contributed by atoms with E-state index in [0.29, 0.717) is 32.0 Å². The molecule has 0 aromatic heterocycles. The SMILES string of the molecule is CCCCC(/C=C/S(=O)(=O)c1ccccc1)NC(=O)C(Cc1ccccc1)NC(=O)N1CCC(N2CCCCC2)CC1. The third kappa shape index (κ3) is 9.42. The van der Waals surface area contributed by atoms with Crippen LogP contribution in [-0.4, -0.2) is 74.5 Å². The van der Waals surface area contributed by atoms with Gasteiger partial charge in [0.2, 0.25) is 5.91 Å². The predicted octanol–water partition coefficient (Wildman–Crippen LogP) is 4.92. The van der Waals surface area contributed by atoms with Crippen molar-refractivity contribution < 1.29 is 18.0 Å². The molecule has 2 saturated heterocycles. The normalized spacial score (nSPS) is 18.5. The molecule has 0 bridgehead atoms. The Morgan fingerprint density at radius 1 is 0.905 bits per heavy atom. The van der Waals surface area contributed by atoms with E-state index < -0.39 is 21.9 Å². The van der Waals surface area contributed by atoms with E-state index >= 15 is 0 Å². The number of hydrogen-bond acceptors (Lipinski definition) is 5. The van der Waals surface area contributed by atoms with Crippen molar-refractivity contribution in [3.8, 4) is 0 Å². The van der Waals surface area contributed by atoms with E-state index in [2.05, 4.69) is 22.5 Å². The summed E-state index contributed by atoms with van der Waals surface area (Å²) in [5.74, 6) is -0.321. The van der Waals surface area contributed by atoms with Crippen molar-refractivity contribution in [2.24, 2.45) is 0 Å². The quantitative estimate of drug-likeness (QED) is 0.364. The summed E-state index contributed by atoms with van der Waals surface area (Å²) >= 11 is 0. The third-order valence-corrected chi connectivity index (χ3v) is 9.76. The van der Waals surface area contributed by atoms with Gasteiger partial charge in [-0.05, 0) is 62.9 Å². The molecular weight excluding hydrogens is 548 g/mol. The van der Waals surface area contributed by atoms with Crippen molar-refractivity contribution >= 4 is 21.8 Å². The smallest absolute Gasteiger partial charge is 0.318 e. The number of piperidine rings is 2. The molecule has 2 aliphatic rings. The van der Waals surface area contributed by atoms with Crippen LogP contribution in [0.15, 0.2) is 77.0 Å². The molecule has 9 heteroatoms. The van der Waals surface area contributed by atoms with Crippen LogP contribution in [0.2, 0.25) is 0 Å². The molecule has 42 heavy (non-hydrogen) atoms. The molecule has 2 unspecified atom stereocenters. The number of likely N-dealkylation sites (tertiary alicyclic amines) is 2. The molecule has 0 saturated carbocycles. The average Bonchev–Trinajstić information content (AvgIpc) is 3.03. The maximum atomic E-state index is 13.7. The Bertz CT molecular complexity index is 1260. The lowest BCUT2D eigenvalue weighted by Gasteiger charge is -2.40. The van der Waals surface area contributed by atoms with Gasteiger partial charge in [0.25, 0.3) is 0 Å². The van der Waals surface area contributed by atoms with E-state index in [-0.39, 0.29) is 16.8 Å². The number of carbonyl (C=O) groups excluding carboxylic acids is 2. The first-order chi connectivity index (χ1) is 20.4. The first-order valence-corrected chi connectivity index (χ1v) is 17.0. The predicted molar refractivity (Wildman–Crippen MR) is 167 cm³/mol. The van der Waals surface area contributed by atoms with Crippen LogP contribution < -0.4 is 10.6 Å². The molecule has 0 spiro atoms. The van der Waals surface area contributed by atoms with Gasteiger partial charge in [-0.3, -0.25) is 4.79 Å². The largest absolute Gasteiger partial charge is 0.348 e. The Hall–Kier alpha value is -3.17. The molecule has 3 amide bonds. The molecule has 2 aromatic carbocycles. The van der Waals surface area contributed by atoms with E-state index in [1.807, 2.05) is 35.2 Å². The summed E-state index contributed by atoms with van der Waals surface area (Å²) in [5, 5.41) is 7.21. The number of amides is 3. The molecule has 4 rings (SSSR count). The number of urea groups is 1. The van der Waals surface area contributed by atoms with E-state index in [4.69, 9.17) is 0 Å². The lowest BCUT2D eigenvalue weighted by molar-refractivity contribution is -0.123. The van der Waals surface area contributed by atoms with Crippen molar-refractivity contribution in [3.63, 3.8) is 0 Å². The number of nitrogens with zero attached hydrogens (tertiary/aromatic N) is 2. The van der Waals surface area contributed by atoms with Crippen molar-refractivity contribution in [2.75, 3.05) is 26.2 Å². The fourth-order valence-corrected chi connectivity index (χ4v) is 6.92. The summed E-state index contributed by atoms with van der Waals surface area (Å²) < 4.78 is 25.7. The van der Waals surface area contributed by atoms with Gasteiger partial charge in [0, 0.05) is 37.0 Å². The van der Waals surface area contributed by atoms with E-state index in [9.17, 15) is 18.0 Å². The van der Waals surface area contributed by atoms with Crippen LogP contribution >= 0.6 is 0 Å². The Morgan fingerprint density at radius 3 is 2.19 bits per heavy atom. The fraction of sp³-hybridized carbons (Fsp3) is 0.515. The molecule has 2 atom stereocenters. The Morgan fingerprint density at radius 2 is 1.55 bits per heavy atom. The Kier molecular flexibility index (Phi) is 12.0. The molecule has 228 valence electrons. The lowest BCUT2D eigenvalue weighted by atomic mass is 10.00. The van der Waals surface area contributed by atoms with Gasteiger partial charge in [0.05, 0.1) is 4.90 Å². The molecule has 0 aliphatic carbocycles. The third-order valence-electron chi connectivity index (χ3n) is 8.31. The van der Waals surface area contributed by atoms with Gasteiger partial charge in [-0.25, -0.2) is 13.2 Å². The van der Waals surface area contributed by atoms with E-state index in [1.165, 1.54) is 24.7 Å². The summed E-state index contributed by atoms with van der Waals surface area (Å²) in [6, 6.07) is 16.9. The van der Waals surface area contributed by atoms with E-state index in [1.54, 1.807) is 36.4 Å². The summed E-state index contributed by atoms with van der Waals surface area (Å²) in [5.41, 5.74) is 0.939. The monoisotopic (exact) mass is 594 g/mol. The van der Waals surface area contributed by atoms with Gasteiger partial charge in [-0.1, -0.05) is 80.8 Å². The van der Waals surface area contributed by atoms with Crippen molar-refractivity contribution in [1.82, 2.24) is 20.4 Å². The molecule has 2 fully saturated rings. The van der Waals surface area contributed by atoms with Gasteiger partial charge >= 0.3 is 6.03 Å². The maximum absolute atomic E-state index is 13.7. The van der Waals surface area contributed by atoms with Crippen LogP contribution in [0, 0.1) is 0 Å². The molecule has 8 nitrogen and oxygen atoms in total. The highest BCUT2D eigenvalue weighted by atomic mass is 32.2. The standard InChI is InChI=1S/C33H46N4O4S/c1-2-3-15-28(20-25-42(40,41)30-16-9-5-10-17-30)34-32(38)31(26-27-13-7-4-8-14-27)35-33(39)37-23-18-29(19-24-37)36-21-11-6-12-22-36/h4-5,7-10,13-14,16-17,20,25,28-29,31H,2-3,6,11-12,15,18-19,21-24,26H2,1H3,(H,34,38)(H,35,39)/b25-20+. The molecule has 2 aromatic rings. The van der Waals surface area contributed by atoms with Gasteiger partial charge in [0.1, 0.15) is 6.04 Å². The minimum atomic E-state index is -3.64. The second kappa shape index (κ2) is 15.9. The summed E-state index contributed by atoms with van der Waals surface area (Å²) in [7, 11) is -3.64. The summed E-state index contributed by atoms with van der Waals surface area (Å²) in [6.45, 7) is 5.70. The first kappa shape index (κ1) is 31.8. The maximum Gasteiger partial charge on any atom is 0.318 e. The highest BCUT2D eigenvalue weighted by Crippen LogP contribution is 2.21. The summed E-state index contributed by atoms with van der Waals surface area (Å²) in [4.78, 5) is 31.7. The minimum absolute atomic E-state index is 0.208. The number of unbranched alkanes of at least 4 members (excludes halogenated alkanes) is 1. The van der Waals surface area contributed by atoms with Gasteiger partial charge in [0.15, 0.2) is 9.84 Å². The second-order valence-corrected chi connectivity index (χ2v) is 13.3. The van der Waals surface area contributed by atoms with Gasteiger partial charge in [-0.2, -0.15) is 0 Å². The van der Waals surface area contributed by atoms with Crippen LogP contribution in [-0.2, 0) is 21.1 Å². The number of benzene rings is 2. The molecular formula is C33H46N4O4S. The van der Waals surface area contributed by atoms with Crippen LogP contribution in [0.4, 0.5) is 4.79 Å². The van der Waals surface area contributed by atoms with Crippen LogP contribution in [0.5, 0.6) is 0 Å². The molecule has 0 radical (unpaired) electrons. The number of hydrogen-bond donors (Lipinski definition) is 2.